The summed E-state index contributed by atoms with van der Waals surface area (Å²) in [5.74, 6) is 0. The Bertz CT molecular complexity index is 3790. The van der Waals surface area contributed by atoms with Crippen molar-refractivity contribution in [2.45, 2.75) is 6.92 Å². The second-order valence-electron chi connectivity index (χ2n) is 16.9. The van der Waals surface area contributed by atoms with Gasteiger partial charge in [0.15, 0.2) is 0 Å². The largest absolute Gasteiger partial charge is 0.308 e. The standard InChI is InChI=1S/C61H38N6/c1-39-30-40(37-62)32-46(31-39)61-59(66-55-24-10-8-18-47(55)49-35-44(26-28-57(49)66)53-22-12-20-51(64-53)42-14-4-2-5-15-42)33-41(38-63)34-60(61)67-56-25-11-9-19-48(56)50-36-45(27-29-58(50)67)54-23-13-21-52(65-54)43-16-6-3-7-17-43/h2-36H,1H3. The van der Waals surface area contributed by atoms with Crippen molar-refractivity contribution in [1.29, 1.82) is 10.5 Å². The number of para-hydroxylation sites is 2. The minimum Gasteiger partial charge on any atom is -0.308 e. The highest BCUT2D eigenvalue weighted by Gasteiger charge is 2.24. The summed E-state index contributed by atoms with van der Waals surface area (Å²) in [5, 5.41) is 25.6. The Hall–Kier alpha value is -9.36. The Balaban J connectivity index is 1.12. The number of hydrogen-bond donors (Lipinski definition) is 0. The number of fused-ring (bicyclic) bond motifs is 6. The second-order valence-corrected chi connectivity index (χ2v) is 16.9. The van der Waals surface area contributed by atoms with E-state index >= 15 is 0 Å². The number of nitrogens with zero attached hydrogens (tertiary/aromatic N) is 6. The van der Waals surface area contributed by atoms with Crippen LogP contribution in [0.2, 0.25) is 0 Å². The predicted molar refractivity (Wildman–Crippen MR) is 272 cm³/mol. The van der Waals surface area contributed by atoms with Gasteiger partial charge in [0.2, 0.25) is 0 Å². The Morgan fingerprint density at radius 3 is 1.24 bits per heavy atom. The molecule has 0 N–H and O–H groups in total. The smallest absolute Gasteiger partial charge is 0.0993 e. The summed E-state index contributed by atoms with van der Waals surface area (Å²) in [5.41, 5.74) is 17.1. The summed E-state index contributed by atoms with van der Waals surface area (Å²) >= 11 is 0. The SMILES string of the molecule is Cc1cc(C#N)cc(-c2c(-n3c4ccccc4c4cc(-c5cccc(-c6ccccc6)n5)ccc43)cc(C#N)cc2-n2c3ccccc3c3cc(-c4cccc(-c5ccccc5)n4)ccc32)c1. The molecule has 0 fully saturated rings. The summed E-state index contributed by atoms with van der Waals surface area (Å²) in [6.07, 6.45) is 0. The highest BCUT2D eigenvalue weighted by molar-refractivity contribution is 6.13. The van der Waals surface area contributed by atoms with Crippen LogP contribution in [0.3, 0.4) is 0 Å². The van der Waals surface area contributed by atoms with Gasteiger partial charge in [0.05, 0.1) is 79.5 Å². The van der Waals surface area contributed by atoms with E-state index in [1.54, 1.807) is 0 Å². The van der Waals surface area contributed by atoms with Crippen LogP contribution >= 0.6 is 0 Å². The van der Waals surface area contributed by atoms with E-state index in [-0.39, 0.29) is 0 Å². The van der Waals surface area contributed by atoms with Gasteiger partial charge in [0.1, 0.15) is 0 Å². The number of hydrogen-bond acceptors (Lipinski definition) is 4. The first-order valence-electron chi connectivity index (χ1n) is 22.3. The van der Waals surface area contributed by atoms with Gasteiger partial charge in [0.25, 0.3) is 0 Å². The molecule has 0 bridgehead atoms. The maximum Gasteiger partial charge on any atom is 0.0993 e. The first-order valence-corrected chi connectivity index (χ1v) is 22.3. The molecule has 6 heteroatoms. The summed E-state index contributed by atoms with van der Waals surface area (Å²) in [7, 11) is 0. The van der Waals surface area contributed by atoms with Gasteiger partial charge in [-0.1, -0.05) is 127 Å². The zero-order valence-electron chi connectivity index (χ0n) is 36.4. The number of pyridine rings is 2. The molecular weight excluding hydrogens is 817 g/mol. The molecule has 0 radical (unpaired) electrons. The van der Waals surface area contributed by atoms with Crippen LogP contribution in [0.15, 0.2) is 212 Å². The second kappa shape index (κ2) is 16.0. The van der Waals surface area contributed by atoms with Crippen molar-refractivity contribution in [2.75, 3.05) is 0 Å². The molecule has 0 spiro atoms. The molecule has 0 aliphatic heterocycles. The molecule has 0 saturated carbocycles. The molecule has 0 saturated heterocycles. The molecule has 4 aromatic heterocycles. The van der Waals surface area contributed by atoms with Crippen molar-refractivity contribution in [1.82, 2.24) is 19.1 Å². The summed E-state index contributed by atoms with van der Waals surface area (Å²) in [4.78, 5) is 10.2. The van der Waals surface area contributed by atoms with Crippen LogP contribution in [-0.4, -0.2) is 19.1 Å². The van der Waals surface area contributed by atoms with Crippen molar-refractivity contribution >= 4 is 43.6 Å². The van der Waals surface area contributed by atoms with E-state index in [4.69, 9.17) is 9.97 Å². The van der Waals surface area contributed by atoms with Crippen LogP contribution in [0.1, 0.15) is 16.7 Å². The van der Waals surface area contributed by atoms with Crippen molar-refractivity contribution < 1.29 is 0 Å². The van der Waals surface area contributed by atoms with E-state index in [0.717, 1.165) is 117 Å². The normalized spacial score (nSPS) is 11.3. The topological polar surface area (TPSA) is 83.2 Å². The number of nitriles is 2. The van der Waals surface area contributed by atoms with Crippen LogP contribution in [0.5, 0.6) is 0 Å². The van der Waals surface area contributed by atoms with Gasteiger partial charge >= 0.3 is 0 Å². The van der Waals surface area contributed by atoms with Crippen LogP contribution < -0.4 is 0 Å². The molecule has 0 aliphatic rings. The maximum absolute atomic E-state index is 10.9. The average molecular weight is 855 g/mol. The fourth-order valence-corrected chi connectivity index (χ4v) is 9.83. The third-order valence-corrected chi connectivity index (χ3v) is 12.8. The molecule has 12 rings (SSSR count). The van der Waals surface area contributed by atoms with Gasteiger partial charge in [0, 0.05) is 49.4 Å². The molecule has 0 amide bonds. The van der Waals surface area contributed by atoms with Crippen molar-refractivity contribution in [3.05, 3.63) is 229 Å². The van der Waals surface area contributed by atoms with Crippen molar-refractivity contribution in [3.8, 4) is 79.7 Å². The Labute approximate surface area is 387 Å². The number of benzene rings is 8. The number of rotatable bonds is 7. The van der Waals surface area contributed by atoms with Crippen LogP contribution in [0.25, 0.3) is 111 Å². The van der Waals surface area contributed by atoms with E-state index in [9.17, 15) is 10.5 Å². The van der Waals surface area contributed by atoms with Gasteiger partial charge in [-0.25, -0.2) is 9.97 Å². The van der Waals surface area contributed by atoms with Gasteiger partial charge in [-0.15, -0.1) is 0 Å². The Kier molecular flexibility index (Phi) is 9.38. The van der Waals surface area contributed by atoms with E-state index in [1.165, 1.54) is 0 Å². The fraction of sp³-hybridized carbons (Fsp3) is 0.0164. The lowest BCUT2D eigenvalue weighted by atomic mass is 9.95. The quantitative estimate of drug-likeness (QED) is 0.160. The first kappa shape index (κ1) is 39.2. The van der Waals surface area contributed by atoms with Crippen molar-refractivity contribution in [3.63, 3.8) is 0 Å². The highest BCUT2D eigenvalue weighted by atomic mass is 15.0. The Morgan fingerprint density at radius 1 is 0.343 bits per heavy atom. The van der Waals surface area contributed by atoms with Gasteiger partial charge in [-0.3, -0.25) is 0 Å². The Morgan fingerprint density at radius 2 is 0.761 bits per heavy atom. The summed E-state index contributed by atoms with van der Waals surface area (Å²) in [6, 6.07) is 77.8. The fourth-order valence-electron chi connectivity index (χ4n) is 9.83. The van der Waals surface area contributed by atoms with Gasteiger partial charge < -0.3 is 9.13 Å². The van der Waals surface area contributed by atoms with E-state index < -0.39 is 0 Å². The van der Waals surface area contributed by atoms with Crippen molar-refractivity contribution in [2.24, 2.45) is 0 Å². The lowest BCUT2D eigenvalue weighted by Gasteiger charge is -2.21. The van der Waals surface area contributed by atoms with Crippen LogP contribution in [0.4, 0.5) is 0 Å². The highest BCUT2D eigenvalue weighted by Crippen LogP contribution is 2.44. The maximum atomic E-state index is 10.9. The first-order chi connectivity index (χ1) is 33.0. The van der Waals surface area contributed by atoms with Gasteiger partial charge in [-0.05, 0) is 103 Å². The average Bonchev–Trinajstić information content (AvgIpc) is 3.90. The molecule has 67 heavy (non-hydrogen) atoms. The third kappa shape index (κ3) is 6.72. The molecule has 8 aromatic carbocycles. The third-order valence-electron chi connectivity index (χ3n) is 12.8. The zero-order chi connectivity index (χ0) is 45.0. The molecule has 312 valence electrons. The molecule has 12 aromatic rings. The predicted octanol–water partition coefficient (Wildman–Crippen LogP) is 15.1. The molecular formula is C61H38N6. The van der Waals surface area contributed by atoms with Crippen LogP contribution in [0, 0.1) is 29.6 Å². The van der Waals surface area contributed by atoms with Gasteiger partial charge in [-0.2, -0.15) is 10.5 Å². The molecule has 6 nitrogen and oxygen atoms in total. The number of aromatic nitrogens is 4. The lowest BCUT2D eigenvalue weighted by Crippen LogP contribution is -2.05. The molecule has 0 atom stereocenters. The monoisotopic (exact) mass is 854 g/mol. The summed E-state index contributed by atoms with van der Waals surface area (Å²) < 4.78 is 4.57. The van der Waals surface area contributed by atoms with E-state index in [1.807, 2.05) is 79.7 Å². The molecule has 0 unspecified atom stereocenters. The minimum absolute atomic E-state index is 0.510. The summed E-state index contributed by atoms with van der Waals surface area (Å²) in [6.45, 7) is 2.03. The minimum atomic E-state index is 0.510. The van der Waals surface area contributed by atoms with E-state index in [0.29, 0.717) is 11.1 Å². The lowest BCUT2D eigenvalue weighted by molar-refractivity contribution is 1.13. The molecule has 0 aliphatic carbocycles. The zero-order valence-corrected chi connectivity index (χ0v) is 36.4. The number of aryl methyl sites for hydroxylation is 1. The molecule has 4 heterocycles. The van der Waals surface area contributed by atoms with Crippen LogP contribution in [-0.2, 0) is 0 Å². The van der Waals surface area contributed by atoms with E-state index in [2.05, 4.69) is 161 Å².